The molecule has 1 atom stereocenters. The lowest BCUT2D eigenvalue weighted by Gasteiger charge is -2.32. The predicted molar refractivity (Wildman–Crippen MR) is 68.7 cm³/mol. The Kier molecular flexibility index (Phi) is 7.83. The third-order valence-corrected chi connectivity index (χ3v) is 2.43. The second kappa shape index (κ2) is 8.79. The summed E-state index contributed by atoms with van der Waals surface area (Å²) >= 11 is 0. The van der Waals surface area contributed by atoms with Crippen LogP contribution in [0.4, 0.5) is 0 Å². The molecule has 120 valence electrons. The van der Waals surface area contributed by atoms with Crippen molar-refractivity contribution in [1.29, 1.82) is 0 Å². The standard InChI is InChI=1S/C11H18N2O8/c1-7(13(8(2)20-18)9(3)21-19)4-12(5-10(14)15)6-11(16)17/h7,18-19H,2-6H2,1H3,(H,14,15)(H,16,17). The summed E-state index contributed by atoms with van der Waals surface area (Å²) in [6.07, 6.45) is 0. The maximum absolute atomic E-state index is 10.7. The molecule has 0 heterocycles. The van der Waals surface area contributed by atoms with Crippen molar-refractivity contribution in [2.75, 3.05) is 19.6 Å². The van der Waals surface area contributed by atoms with Gasteiger partial charge in [-0.15, -0.1) is 0 Å². The SMILES string of the molecule is C=C(OO)N(C(=C)OO)C(C)CN(CC(=O)O)CC(=O)O. The predicted octanol–water partition coefficient (Wildman–Crippen LogP) is 0.0697. The fourth-order valence-corrected chi connectivity index (χ4v) is 1.74. The summed E-state index contributed by atoms with van der Waals surface area (Å²) in [5, 5.41) is 34.7. The van der Waals surface area contributed by atoms with Crippen LogP contribution in [0.2, 0.25) is 0 Å². The molecule has 4 N–H and O–H groups in total. The van der Waals surface area contributed by atoms with Crippen LogP contribution in [-0.2, 0) is 19.4 Å². The molecule has 0 amide bonds. The summed E-state index contributed by atoms with van der Waals surface area (Å²) in [6, 6.07) is -0.664. The van der Waals surface area contributed by atoms with Crippen LogP contribution in [0, 0.1) is 0 Å². The fraction of sp³-hybridized carbons (Fsp3) is 0.455. The van der Waals surface area contributed by atoms with Crippen molar-refractivity contribution >= 4 is 11.9 Å². The topological polar surface area (TPSA) is 140 Å². The summed E-state index contributed by atoms with van der Waals surface area (Å²) in [6.45, 7) is 7.13. The molecule has 0 aromatic carbocycles. The molecule has 1 unspecified atom stereocenters. The molecule has 0 aliphatic rings. The Hall–Kier alpha value is -2.30. The average molecular weight is 306 g/mol. The normalized spacial score (nSPS) is 11.6. The lowest BCUT2D eigenvalue weighted by Crippen LogP contribution is -2.45. The van der Waals surface area contributed by atoms with Crippen molar-refractivity contribution in [3.8, 4) is 0 Å². The van der Waals surface area contributed by atoms with E-state index in [-0.39, 0.29) is 18.3 Å². The van der Waals surface area contributed by atoms with Crippen LogP contribution < -0.4 is 0 Å². The van der Waals surface area contributed by atoms with Gasteiger partial charge in [-0.2, -0.15) is 0 Å². The molecule has 10 nitrogen and oxygen atoms in total. The van der Waals surface area contributed by atoms with Gasteiger partial charge in [0, 0.05) is 6.54 Å². The number of carbonyl (C=O) groups is 2. The molecule has 0 saturated heterocycles. The van der Waals surface area contributed by atoms with Gasteiger partial charge in [0.2, 0.25) is 11.8 Å². The summed E-state index contributed by atoms with van der Waals surface area (Å²) < 4.78 is 0. The minimum Gasteiger partial charge on any atom is -0.480 e. The molecular weight excluding hydrogens is 288 g/mol. The van der Waals surface area contributed by atoms with E-state index in [1.54, 1.807) is 0 Å². The first-order valence-electron chi connectivity index (χ1n) is 5.68. The van der Waals surface area contributed by atoms with Crippen LogP contribution >= 0.6 is 0 Å². The van der Waals surface area contributed by atoms with E-state index in [1.807, 2.05) is 0 Å². The first kappa shape index (κ1) is 18.7. The molecule has 0 fully saturated rings. The molecule has 10 heteroatoms. The first-order valence-corrected chi connectivity index (χ1v) is 5.68. The molecular formula is C11H18N2O8. The summed E-state index contributed by atoms with van der Waals surface area (Å²) in [4.78, 5) is 31.4. The number of hydrogen-bond donors (Lipinski definition) is 4. The monoisotopic (exact) mass is 306 g/mol. The van der Waals surface area contributed by atoms with E-state index in [9.17, 15) is 9.59 Å². The molecule has 21 heavy (non-hydrogen) atoms. The third-order valence-electron chi connectivity index (χ3n) is 2.43. The Morgan fingerprint density at radius 1 is 1.05 bits per heavy atom. The zero-order valence-corrected chi connectivity index (χ0v) is 11.4. The van der Waals surface area contributed by atoms with Crippen LogP contribution in [-0.4, -0.2) is 68.1 Å². The van der Waals surface area contributed by atoms with E-state index in [2.05, 4.69) is 22.9 Å². The Morgan fingerprint density at radius 3 is 1.71 bits per heavy atom. The van der Waals surface area contributed by atoms with Crippen molar-refractivity contribution in [3.63, 3.8) is 0 Å². The van der Waals surface area contributed by atoms with Gasteiger partial charge in [-0.1, -0.05) is 0 Å². The van der Waals surface area contributed by atoms with Gasteiger partial charge in [0.25, 0.3) is 0 Å². The van der Waals surface area contributed by atoms with Gasteiger partial charge >= 0.3 is 11.9 Å². The average Bonchev–Trinajstić information content (AvgIpc) is 2.36. The van der Waals surface area contributed by atoms with Crippen LogP contribution in [0.3, 0.4) is 0 Å². The minimum atomic E-state index is -1.20. The number of aliphatic carboxylic acids is 2. The van der Waals surface area contributed by atoms with E-state index in [1.165, 1.54) is 6.92 Å². The molecule has 0 aliphatic heterocycles. The van der Waals surface area contributed by atoms with E-state index in [0.717, 1.165) is 9.80 Å². The number of carboxylic acid groups (broad SMARTS) is 2. The second-order valence-corrected chi connectivity index (χ2v) is 4.15. The Balaban J connectivity index is 5.00. The molecule has 0 aromatic heterocycles. The lowest BCUT2D eigenvalue weighted by molar-refractivity contribution is -0.255. The number of nitrogens with zero attached hydrogens (tertiary/aromatic N) is 2. The maximum atomic E-state index is 10.7. The number of hydrogen-bond acceptors (Lipinski definition) is 8. The van der Waals surface area contributed by atoms with Crippen molar-refractivity contribution in [1.82, 2.24) is 9.80 Å². The Morgan fingerprint density at radius 2 is 1.43 bits per heavy atom. The van der Waals surface area contributed by atoms with Gasteiger partial charge in [-0.3, -0.25) is 19.4 Å². The van der Waals surface area contributed by atoms with Crippen molar-refractivity contribution in [3.05, 3.63) is 24.9 Å². The van der Waals surface area contributed by atoms with Crippen molar-refractivity contribution < 1.29 is 40.1 Å². The van der Waals surface area contributed by atoms with Crippen molar-refractivity contribution in [2.45, 2.75) is 13.0 Å². The van der Waals surface area contributed by atoms with Crippen LogP contribution in [0.15, 0.2) is 24.9 Å². The maximum Gasteiger partial charge on any atom is 0.317 e. The third kappa shape index (κ3) is 6.61. The van der Waals surface area contributed by atoms with E-state index < -0.39 is 31.1 Å². The minimum absolute atomic E-state index is 0.0661. The van der Waals surface area contributed by atoms with Gasteiger partial charge in [0.1, 0.15) is 0 Å². The van der Waals surface area contributed by atoms with E-state index in [0.29, 0.717) is 0 Å². The molecule has 0 saturated carbocycles. The highest BCUT2D eigenvalue weighted by atomic mass is 17.1. The van der Waals surface area contributed by atoms with Crippen LogP contribution in [0.25, 0.3) is 0 Å². The van der Waals surface area contributed by atoms with Gasteiger partial charge in [-0.05, 0) is 20.1 Å². The first-order chi connectivity index (χ1) is 9.72. The smallest absolute Gasteiger partial charge is 0.317 e. The van der Waals surface area contributed by atoms with E-state index in [4.69, 9.17) is 20.7 Å². The zero-order chi connectivity index (χ0) is 16.6. The second-order valence-electron chi connectivity index (χ2n) is 4.15. The molecule has 0 bridgehead atoms. The quantitative estimate of drug-likeness (QED) is 0.235. The van der Waals surface area contributed by atoms with Gasteiger partial charge in [0.15, 0.2) is 0 Å². The fourth-order valence-electron chi connectivity index (χ4n) is 1.74. The van der Waals surface area contributed by atoms with Crippen LogP contribution in [0.1, 0.15) is 6.92 Å². The van der Waals surface area contributed by atoms with Crippen molar-refractivity contribution in [2.24, 2.45) is 0 Å². The summed E-state index contributed by atoms with van der Waals surface area (Å²) in [7, 11) is 0. The Labute approximate surface area is 120 Å². The highest BCUT2D eigenvalue weighted by molar-refractivity contribution is 5.72. The van der Waals surface area contributed by atoms with Gasteiger partial charge < -0.3 is 20.0 Å². The highest BCUT2D eigenvalue weighted by Crippen LogP contribution is 2.16. The highest BCUT2D eigenvalue weighted by Gasteiger charge is 2.25. The van der Waals surface area contributed by atoms with Gasteiger partial charge in [0.05, 0.1) is 19.1 Å². The lowest BCUT2D eigenvalue weighted by atomic mass is 10.2. The number of rotatable bonds is 11. The molecule has 0 radical (unpaired) electrons. The molecule has 0 rings (SSSR count). The van der Waals surface area contributed by atoms with Gasteiger partial charge in [-0.25, -0.2) is 10.5 Å². The zero-order valence-electron chi connectivity index (χ0n) is 11.4. The molecule has 0 aliphatic carbocycles. The molecule has 0 spiro atoms. The molecule has 0 aromatic rings. The number of carboxylic acids is 2. The summed E-state index contributed by atoms with van der Waals surface area (Å²) in [5.41, 5.74) is 0. The summed E-state index contributed by atoms with van der Waals surface area (Å²) in [5.74, 6) is -3.09. The Bertz CT molecular complexity index is 379. The largest absolute Gasteiger partial charge is 0.480 e. The van der Waals surface area contributed by atoms with Crippen LogP contribution in [0.5, 0.6) is 0 Å². The van der Waals surface area contributed by atoms with E-state index >= 15 is 0 Å².